The zero-order chi connectivity index (χ0) is 20.8. The van der Waals surface area contributed by atoms with Gasteiger partial charge in [0.2, 0.25) is 0 Å². The molecule has 8 heteroatoms. The van der Waals surface area contributed by atoms with E-state index in [2.05, 4.69) is 6.58 Å². The van der Waals surface area contributed by atoms with Gasteiger partial charge in [-0.1, -0.05) is 6.08 Å². The van der Waals surface area contributed by atoms with E-state index in [0.717, 1.165) is 16.7 Å². The fraction of sp³-hybridized carbons (Fsp3) is 0.350. The van der Waals surface area contributed by atoms with E-state index in [0.29, 0.717) is 24.2 Å². The monoisotopic (exact) mass is 405 g/mol. The Balaban J connectivity index is 2.29. The highest BCUT2D eigenvalue weighted by Gasteiger charge is 2.36. The largest absolute Gasteiger partial charge is 0.504 e. The minimum absolute atomic E-state index is 0.0171. The Hall–Kier alpha value is -2.74. The molecule has 0 atom stereocenters. The predicted octanol–water partition coefficient (Wildman–Crippen LogP) is 3.51. The summed E-state index contributed by atoms with van der Waals surface area (Å²) in [5.74, 6) is -0.904. The minimum atomic E-state index is -0.643. The number of esters is 1. The van der Waals surface area contributed by atoms with E-state index in [1.807, 2.05) is 0 Å². The maximum Gasteiger partial charge on any atom is 0.326 e. The van der Waals surface area contributed by atoms with Gasteiger partial charge in [0.05, 0.1) is 17.6 Å². The summed E-state index contributed by atoms with van der Waals surface area (Å²) < 4.78 is 10.4. The maximum absolute atomic E-state index is 12.5. The predicted molar refractivity (Wildman–Crippen MR) is 107 cm³/mol. The van der Waals surface area contributed by atoms with Crippen molar-refractivity contribution in [3.05, 3.63) is 40.8 Å². The van der Waals surface area contributed by atoms with Gasteiger partial charge >= 0.3 is 5.97 Å². The van der Waals surface area contributed by atoms with Crippen molar-refractivity contribution in [3.63, 3.8) is 0 Å². The average Bonchev–Trinajstić information content (AvgIpc) is 2.86. The number of aromatic hydroxyl groups is 1. The van der Waals surface area contributed by atoms with E-state index in [9.17, 15) is 19.5 Å². The summed E-state index contributed by atoms with van der Waals surface area (Å²) in [5.41, 5.74) is 1.18. The molecule has 150 valence electrons. The summed E-state index contributed by atoms with van der Waals surface area (Å²) >= 11 is 0.747. The van der Waals surface area contributed by atoms with E-state index >= 15 is 0 Å². The lowest BCUT2D eigenvalue weighted by atomic mass is 10.1. The summed E-state index contributed by atoms with van der Waals surface area (Å²) in [6.45, 7) is 8.76. The van der Waals surface area contributed by atoms with Crippen LogP contribution in [0.2, 0.25) is 0 Å². The van der Waals surface area contributed by atoms with Crippen LogP contribution in [0.25, 0.3) is 6.08 Å². The molecule has 0 saturated carbocycles. The first-order valence-electron chi connectivity index (χ1n) is 8.81. The number of phenols is 1. The number of hydrogen-bond acceptors (Lipinski definition) is 7. The molecule has 1 heterocycles. The standard InChI is InChI=1S/C20H23NO6S/c1-5-7-14-8-13(9-15(18(14)23)26-6-2)10-16-19(24)21(20(25)28-16)11-17(22)27-12(3)4/h5,8-10,12,23H,1,6-7,11H2,2-4H3/b16-10-. The SMILES string of the molecule is C=CCc1cc(/C=C2\SC(=O)N(CC(=O)OC(C)C)C2=O)cc(OCC)c1O. The highest BCUT2D eigenvalue weighted by Crippen LogP contribution is 2.36. The number of amides is 2. The first-order chi connectivity index (χ1) is 13.3. The van der Waals surface area contributed by atoms with Crippen molar-refractivity contribution in [3.8, 4) is 11.5 Å². The van der Waals surface area contributed by atoms with Gasteiger partial charge in [0, 0.05) is 5.56 Å². The molecule has 0 bridgehead atoms. The van der Waals surface area contributed by atoms with Gasteiger partial charge < -0.3 is 14.6 Å². The first-order valence-corrected chi connectivity index (χ1v) is 9.62. The van der Waals surface area contributed by atoms with Crippen LogP contribution in [0.3, 0.4) is 0 Å². The number of thioether (sulfide) groups is 1. The number of hydrogen-bond donors (Lipinski definition) is 1. The van der Waals surface area contributed by atoms with Crippen LogP contribution < -0.4 is 4.74 Å². The Morgan fingerprint density at radius 3 is 2.68 bits per heavy atom. The van der Waals surface area contributed by atoms with Crippen molar-refractivity contribution < 1.29 is 29.0 Å². The van der Waals surface area contributed by atoms with Gasteiger partial charge in [-0.2, -0.15) is 0 Å². The number of imide groups is 1. The zero-order valence-corrected chi connectivity index (χ0v) is 16.9. The molecule has 0 aromatic heterocycles. The second-order valence-electron chi connectivity index (χ2n) is 6.26. The molecule has 1 aromatic carbocycles. The molecule has 1 N–H and O–H groups in total. The third kappa shape index (κ3) is 5.16. The second kappa shape index (κ2) is 9.45. The first kappa shape index (κ1) is 21.6. The molecule has 0 spiro atoms. The Morgan fingerprint density at radius 2 is 2.07 bits per heavy atom. The van der Waals surface area contributed by atoms with E-state index in [-0.39, 0.29) is 22.5 Å². The van der Waals surface area contributed by atoms with Gasteiger partial charge in [-0.3, -0.25) is 19.3 Å². The molecule has 1 aliphatic heterocycles. The molecule has 0 radical (unpaired) electrons. The number of phenolic OH excluding ortho intramolecular Hbond substituents is 1. The molecule has 28 heavy (non-hydrogen) atoms. The summed E-state index contributed by atoms with van der Waals surface area (Å²) in [5, 5.41) is 9.73. The van der Waals surface area contributed by atoms with Crippen LogP contribution in [0.1, 0.15) is 31.9 Å². The highest BCUT2D eigenvalue weighted by atomic mass is 32.2. The Kier molecular flexibility index (Phi) is 7.28. The van der Waals surface area contributed by atoms with E-state index < -0.39 is 23.7 Å². The van der Waals surface area contributed by atoms with Crippen molar-refractivity contribution in [1.82, 2.24) is 4.90 Å². The number of rotatable bonds is 8. The van der Waals surface area contributed by atoms with E-state index in [1.54, 1.807) is 39.0 Å². The average molecular weight is 405 g/mol. The second-order valence-corrected chi connectivity index (χ2v) is 7.25. The number of nitrogens with zero attached hydrogens (tertiary/aromatic N) is 1. The molecule has 1 fully saturated rings. The number of ether oxygens (including phenoxy) is 2. The molecule has 0 unspecified atom stereocenters. The van der Waals surface area contributed by atoms with Gasteiger partial charge in [-0.15, -0.1) is 6.58 Å². The van der Waals surface area contributed by atoms with Gasteiger partial charge in [0.1, 0.15) is 6.54 Å². The smallest absolute Gasteiger partial charge is 0.326 e. The Labute approximate surface area is 168 Å². The van der Waals surface area contributed by atoms with Crippen molar-refractivity contribution in [2.75, 3.05) is 13.2 Å². The summed E-state index contributed by atoms with van der Waals surface area (Å²) in [6, 6.07) is 3.28. The fourth-order valence-electron chi connectivity index (χ4n) is 2.57. The lowest BCUT2D eigenvalue weighted by Crippen LogP contribution is -2.35. The highest BCUT2D eigenvalue weighted by molar-refractivity contribution is 8.18. The lowest BCUT2D eigenvalue weighted by molar-refractivity contribution is -0.149. The summed E-state index contributed by atoms with van der Waals surface area (Å²) in [7, 11) is 0. The molecule has 2 amide bonds. The van der Waals surface area contributed by atoms with Gasteiger partial charge in [-0.05, 0) is 62.7 Å². The molecule has 1 aliphatic rings. The summed E-state index contributed by atoms with van der Waals surface area (Å²) in [6.07, 6.45) is 3.26. The van der Waals surface area contributed by atoms with Crippen molar-refractivity contribution in [2.24, 2.45) is 0 Å². The van der Waals surface area contributed by atoms with Crippen LogP contribution in [0, 0.1) is 0 Å². The number of carbonyl (C=O) groups excluding carboxylic acids is 3. The molecular formula is C20H23NO6S. The van der Waals surface area contributed by atoms with Crippen LogP contribution in [-0.4, -0.2) is 46.4 Å². The van der Waals surface area contributed by atoms with Gasteiger partial charge in [0.15, 0.2) is 11.5 Å². The third-order valence-electron chi connectivity index (χ3n) is 3.67. The Bertz CT molecular complexity index is 830. The molecular weight excluding hydrogens is 382 g/mol. The number of benzene rings is 1. The van der Waals surface area contributed by atoms with Crippen molar-refractivity contribution >= 4 is 35.0 Å². The minimum Gasteiger partial charge on any atom is -0.504 e. The van der Waals surface area contributed by atoms with Gasteiger partial charge in [-0.25, -0.2) is 0 Å². The number of allylic oxidation sites excluding steroid dienone is 1. The molecule has 1 saturated heterocycles. The molecule has 7 nitrogen and oxygen atoms in total. The lowest BCUT2D eigenvalue weighted by Gasteiger charge is -2.13. The topological polar surface area (TPSA) is 93.1 Å². The molecule has 0 aliphatic carbocycles. The van der Waals surface area contributed by atoms with Crippen molar-refractivity contribution in [2.45, 2.75) is 33.3 Å². The van der Waals surface area contributed by atoms with Crippen LogP contribution in [-0.2, 0) is 20.7 Å². The number of carbonyl (C=O) groups is 3. The van der Waals surface area contributed by atoms with E-state index in [4.69, 9.17) is 9.47 Å². The zero-order valence-electron chi connectivity index (χ0n) is 16.1. The summed E-state index contributed by atoms with van der Waals surface area (Å²) in [4.78, 5) is 37.5. The van der Waals surface area contributed by atoms with Crippen LogP contribution in [0.5, 0.6) is 11.5 Å². The fourth-order valence-corrected chi connectivity index (χ4v) is 3.40. The van der Waals surface area contributed by atoms with Crippen LogP contribution in [0.15, 0.2) is 29.7 Å². The third-order valence-corrected chi connectivity index (χ3v) is 4.57. The quantitative estimate of drug-likeness (QED) is 0.402. The maximum atomic E-state index is 12.5. The normalized spacial score (nSPS) is 15.4. The molecule has 1 aromatic rings. The van der Waals surface area contributed by atoms with Gasteiger partial charge in [0.25, 0.3) is 11.1 Å². The van der Waals surface area contributed by atoms with Crippen molar-refractivity contribution in [1.29, 1.82) is 0 Å². The van der Waals surface area contributed by atoms with Crippen LogP contribution >= 0.6 is 11.8 Å². The Morgan fingerprint density at radius 1 is 1.36 bits per heavy atom. The van der Waals surface area contributed by atoms with Crippen LogP contribution in [0.4, 0.5) is 4.79 Å². The molecule has 2 rings (SSSR count). The van der Waals surface area contributed by atoms with E-state index in [1.165, 1.54) is 6.08 Å².